The van der Waals surface area contributed by atoms with Crippen LogP contribution in [0.3, 0.4) is 0 Å². The standard InChI is InChI=1S/C15H13F2NOS/c16-13-4-2-1-3-11(13)9-19-8-10-5-6-14(17)12(7-10)15(18)20/h1-7H,8-9H2,(H2,18,20). The quantitative estimate of drug-likeness (QED) is 0.859. The van der Waals surface area contributed by atoms with Gasteiger partial charge in [-0.3, -0.25) is 0 Å². The summed E-state index contributed by atoms with van der Waals surface area (Å²) in [6.45, 7) is 0.372. The summed E-state index contributed by atoms with van der Waals surface area (Å²) < 4.78 is 32.2. The number of nitrogens with two attached hydrogens (primary N) is 1. The first-order valence-electron chi connectivity index (χ1n) is 5.97. The molecule has 0 saturated heterocycles. The predicted octanol–water partition coefficient (Wildman–Crippen LogP) is 3.32. The zero-order valence-corrected chi connectivity index (χ0v) is 11.4. The van der Waals surface area contributed by atoms with Gasteiger partial charge in [-0.05, 0) is 23.8 Å². The molecule has 2 aromatic rings. The maximum Gasteiger partial charge on any atom is 0.133 e. The second-order valence-corrected chi connectivity index (χ2v) is 4.70. The van der Waals surface area contributed by atoms with Gasteiger partial charge in [-0.1, -0.05) is 36.5 Å². The molecule has 0 spiro atoms. The highest BCUT2D eigenvalue weighted by Crippen LogP contribution is 2.13. The lowest BCUT2D eigenvalue weighted by Gasteiger charge is -2.07. The van der Waals surface area contributed by atoms with E-state index < -0.39 is 5.82 Å². The fourth-order valence-corrected chi connectivity index (χ4v) is 1.90. The average molecular weight is 293 g/mol. The van der Waals surface area contributed by atoms with E-state index in [9.17, 15) is 8.78 Å². The lowest BCUT2D eigenvalue weighted by Crippen LogP contribution is -2.12. The maximum atomic E-state index is 13.4. The van der Waals surface area contributed by atoms with Crippen molar-refractivity contribution < 1.29 is 13.5 Å². The third kappa shape index (κ3) is 3.59. The minimum atomic E-state index is -0.463. The summed E-state index contributed by atoms with van der Waals surface area (Å²) in [5, 5.41) is 0. The van der Waals surface area contributed by atoms with Gasteiger partial charge in [-0.25, -0.2) is 8.78 Å². The first-order chi connectivity index (χ1) is 9.58. The van der Waals surface area contributed by atoms with Crippen LogP contribution in [0.15, 0.2) is 42.5 Å². The molecular formula is C15H13F2NOS. The van der Waals surface area contributed by atoms with Crippen LogP contribution in [-0.4, -0.2) is 4.99 Å². The van der Waals surface area contributed by atoms with Crippen molar-refractivity contribution in [1.29, 1.82) is 0 Å². The van der Waals surface area contributed by atoms with Crippen LogP contribution < -0.4 is 5.73 Å². The number of hydrogen-bond acceptors (Lipinski definition) is 2. The summed E-state index contributed by atoms with van der Waals surface area (Å²) in [4.78, 5) is -0.00143. The predicted molar refractivity (Wildman–Crippen MR) is 77.2 cm³/mol. The van der Waals surface area contributed by atoms with Gasteiger partial charge in [0.2, 0.25) is 0 Å². The third-order valence-electron chi connectivity index (χ3n) is 2.78. The van der Waals surface area contributed by atoms with Crippen LogP contribution in [0.5, 0.6) is 0 Å². The van der Waals surface area contributed by atoms with E-state index in [1.54, 1.807) is 30.3 Å². The number of ether oxygens (including phenoxy) is 1. The number of benzene rings is 2. The van der Waals surface area contributed by atoms with Crippen LogP contribution in [0.25, 0.3) is 0 Å². The number of thiocarbonyl (C=S) groups is 1. The molecule has 2 nitrogen and oxygen atoms in total. The van der Waals surface area contributed by atoms with Crippen LogP contribution in [-0.2, 0) is 18.0 Å². The van der Waals surface area contributed by atoms with Gasteiger partial charge in [0.15, 0.2) is 0 Å². The van der Waals surface area contributed by atoms with E-state index in [0.717, 1.165) is 5.56 Å². The Balaban J connectivity index is 2.00. The number of halogens is 2. The Morgan fingerprint density at radius 1 is 1.05 bits per heavy atom. The van der Waals surface area contributed by atoms with Gasteiger partial charge in [-0.15, -0.1) is 0 Å². The van der Waals surface area contributed by atoms with Crippen LogP contribution in [0, 0.1) is 11.6 Å². The molecule has 0 unspecified atom stereocenters. The van der Waals surface area contributed by atoms with Crippen LogP contribution >= 0.6 is 12.2 Å². The molecule has 2 aromatic carbocycles. The molecule has 2 rings (SSSR count). The minimum absolute atomic E-state index is 0.00143. The van der Waals surface area contributed by atoms with Crippen molar-refractivity contribution in [3.63, 3.8) is 0 Å². The maximum absolute atomic E-state index is 13.4. The molecule has 0 fully saturated rings. The zero-order chi connectivity index (χ0) is 14.5. The van der Waals surface area contributed by atoms with Gasteiger partial charge in [0.25, 0.3) is 0 Å². The Morgan fingerprint density at radius 2 is 1.80 bits per heavy atom. The van der Waals surface area contributed by atoms with E-state index in [4.69, 9.17) is 22.7 Å². The van der Waals surface area contributed by atoms with Crippen LogP contribution in [0.1, 0.15) is 16.7 Å². The summed E-state index contributed by atoms with van der Waals surface area (Å²) in [5.41, 5.74) is 6.81. The highest BCUT2D eigenvalue weighted by molar-refractivity contribution is 7.80. The second kappa shape index (κ2) is 6.54. The molecule has 0 aliphatic heterocycles. The fraction of sp³-hybridized carbons (Fsp3) is 0.133. The van der Waals surface area contributed by atoms with Gasteiger partial charge in [0, 0.05) is 11.1 Å². The molecule has 2 N–H and O–H groups in total. The van der Waals surface area contributed by atoms with Crippen molar-refractivity contribution in [2.45, 2.75) is 13.2 Å². The molecule has 0 aliphatic rings. The Morgan fingerprint density at radius 3 is 2.50 bits per heavy atom. The molecule has 5 heteroatoms. The van der Waals surface area contributed by atoms with Crippen molar-refractivity contribution in [1.82, 2.24) is 0 Å². The highest BCUT2D eigenvalue weighted by Gasteiger charge is 2.07. The average Bonchev–Trinajstić information content (AvgIpc) is 2.42. The SMILES string of the molecule is NC(=S)c1cc(COCc2ccccc2F)ccc1F. The monoisotopic (exact) mass is 293 g/mol. The van der Waals surface area contributed by atoms with Crippen molar-refractivity contribution in [3.8, 4) is 0 Å². The van der Waals surface area contributed by atoms with Crippen LogP contribution in [0.4, 0.5) is 8.78 Å². The van der Waals surface area contributed by atoms with Gasteiger partial charge in [0.05, 0.1) is 13.2 Å². The minimum Gasteiger partial charge on any atom is -0.389 e. The Bertz CT molecular complexity index is 631. The van der Waals surface area contributed by atoms with E-state index >= 15 is 0 Å². The molecule has 0 heterocycles. The molecule has 0 aliphatic carbocycles. The zero-order valence-electron chi connectivity index (χ0n) is 10.6. The van der Waals surface area contributed by atoms with E-state index in [-0.39, 0.29) is 29.6 Å². The first kappa shape index (κ1) is 14.6. The topological polar surface area (TPSA) is 35.2 Å². The van der Waals surface area contributed by atoms with Gasteiger partial charge >= 0.3 is 0 Å². The van der Waals surface area contributed by atoms with Crippen molar-refractivity contribution in [3.05, 3.63) is 70.8 Å². The summed E-state index contributed by atoms with van der Waals surface area (Å²) in [6.07, 6.45) is 0. The Kier molecular flexibility index (Phi) is 4.76. The molecule has 0 saturated carbocycles. The number of hydrogen-bond donors (Lipinski definition) is 1. The van der Waals surface area contributed by atoms with Gasteiger partial charge < -0.3 is 10.5 Å². The van der Waals surface area contributed by atoms with E-state index in [1.165, 1.54) is 12.1 Å². The Hall–Kier alpha value is -1.85. The summed E-state index contributed by atoms with van der Waals surface area (Å²) in [6, 6.07) is 10.8. The van der Waals surface area contributed by atoms with E-state index in [2.05, 4.69) is 0 Å². The second-order valence-electron chi connectivity index (χ2n) is 4.26. The van der Waals surface area contributed by atoms with E-state index in [0.29, 0.717) is 5.56 Å². The molecule has 0 amide bonds. The van der Waals surface area contributed by atoms with Crippen molar-refractivity contribution >= 4 is 17.2 Å². The first-order valence-corrected chi connectivity index (χ1v) is 6.38. The largest absolute Gasteiger partial charge is 0.389 e. The molecule has 0 radical (unpaired) electrons. The van der Waals surface area contributed by atoms with Gasteiger partial charge in [-0.2, -0.15) is 0 Å². The van der Waals surface area contributed by atoms with Crippen molar-refractivity contribution in [2.75, 3.05) is 0 Å². The number of rotatable bonds is 5. The third-order valence-corrected chi connectivity index (χ3v) is 3.00. The normalized spacial score (nSPS) is 10.5. The lowest BCUT2D eigenvalue weighted by atomic mass is 10.1. The Labute approximate surface area is 121 Å². The van der Waals surface area contributed by atoms with E-state index in [1.807, 2.05) is 0 Å². The summed E-state index contributed by atoms with van der Waals surface area (Å²) >= 11 is 4.76. The smallest absolute Gasteiger partial charge is 0.133 e. The molecule has 0 aromatic heterocycles. The molecule has 104 valence electrons. The van der Waals surface area contributed by atoms with Crippen molar-refractivity contribution in [2.24, 2.45) is 5.73 Å². The van der Waals surface area contributed by atoms with Gasteiger partial charge in [0.1, 0.15) is 16.6 Å². The molecule has 20 heavy (non-hydrogen) atoms. The van der Waals surface area contributed by atoms with Crippen LogP contribution in [0.2, 0.25) is 0 Å². The lowest BCUT2D eigenvalue weighted by molar-refractivity contribution is 0.105. The summed E-state index contributed by atoms with van der Waals surface area (Å²) in [5.74, 6) is -0.772. The fourth-order valence-electron chi connectivity index (χ4n) is 1.75. The molecule has 0 atom stereocenters. The highest BCUT2D eigenvalue weighted by atomic mass is 32.1. The summed E-state index contributed by atoms with van der Waals surface area (Å²) in [7, 11) is 0. The molecular weight excluding hydrogens is 280 g/mol. The molecule has 0 bridgehead atoms.